The summed E-state index contributed by atoms with van der Waals surface area (Å²) in [5.74, 6) is 0.383. The van der Waals surface area contributed by atoms with Crippen molar-refractivity contribution in [1.29, 1.82) is 0 Å². The SMILES string of the molecule is CCCNC(=O)[C@@H](CC)N(Cc1ccccc1C)C(=O)COc1cc(C)ccc1C. The molecule has 0 bridgehead atoms. The van der Waals surface area contributed by atoms with E-state index in [1.54, 1.807) is 4.90 Å². The van der Waals surface area contributed by atoms with Crippen LogP contribution < -0.4 is 10.1 Å². The number of ether oxygens (including phenoxy) is 1. The molecule has 0 saturated heterocycles. The summed E-state index contributed by atoms with van der Waals surface area (Å²) in [6.45, 7) is 10.8. The van der Waals surface area contributed by atoms with Gasteiger partial charge in [0.05, 0.1) is 0 Å². The summed E-state index contributed by atoms with van der Waals surface area (Å²) in [5.41, 5.74) is 4.17. The van der Waals surface area contributed by atoms with Crippen molar-refractivity contribution >= 4 is 11.8 Å². The van der Waals surface area contributed by atoms with Crippen LogP contribution in [0.3, 0.4) is 0 Å². The molecule has 0 aliphatic rings. The van der Waals surface area contributed by atoms with Crippen LogP contribution in [0.25, 0.3) is 0 Å². The fraction of sp³-hybridized carbons (Fsp3) is 0.440. The zero-order chi connectivity index (χ0) is 22.1. The topological polar surface area (TPSA) is 58.6 Å². The van der Waals surface area contributed by atoms with E-state index in [4.69, 9.17) is 4.74 Å². The monoisotopic (exact) mass is 410 g/mol. The predicted octanol–water partition coefficient (Wildman–Crippen LogP) is 4.32. The van der Waals surface area contributed by atoms with E-state index in [-0.39, 0.29) is 18.4 Å². The largest absolute Gasteiger partial charge is 0.483 e. The quantitative estimate of drug-likeness (QED) is 0.634. The first-order valence-corrected chi connectivity index (χ1v) is 10.7. The number of nitrogens with one attached hydrogen (secondary N) is 1. The number of aryl methyl sites for hydroxylation is 3. The van der Waals surface area contributed by atoms with Crippen LogP contribution >= 0.6 is 0 Å². The van der Waals surface area contributed by atoms with Crippen molar-refractivity contribution in [3.8, 4) is 5.75 Å². The van der Waals surface area contributed by atoms with Crippen molar-refractivity contribution in [2.45, 2.75) is 60.0 Å². The number of hydrogen-bond donors (Lipinski definition) is 1. The molecule has 2 rings (SSSR count). The third kappa shape index (κ3) is 6.34. The molecule has 5 heteroatoms. The fourth-order valence-electron chi connectivity index (χ4n) is 3.34. The zero-order valence-electron chi connectivity index (χ0n) is 18.8. The standard InChI is InChI=1S/C25H34N2O3/c1-6-14-26-25(29)22(7-2)27(16-21-11-9-8-10-19(21)4)24(28)17-30-23-15-18(3)12-13-20(23)5/h8-13,15,22H,6-7,14,16-17H2,1-5H3,(H,26,29)/t22-/m1/s1. The normalized spacial score (nSPS) is 11.6. The molecule has 30 heavy (non-hydrogen) atoms. The first-order valence-electron chi connectivity index (χ1n) is 10.7. The molecule has 0 aliphatic carbocycles. The molecular formula is C25H34N2O3. The first kappa shape index (κ1) is 23.5. The molecule has 2 aromatic rings. The highest BCUT2D eigenvalue weighted by Gasteiger charge is 2.29. The highest BCUT2D eigenvalue weighted by atomic mass is 16.5. The van der Waals surface area contributed by atoms with Gasteiger partial charge in [0.1, 0.15) is 11.8 Å². The summed E-state index contributed by atoms with van der Waals surface area (Å²) >= 11 is 0. The van der Waals surface area contributed by atoms with Crippen LogP contribution in [-0.2, 0) is 16.1 Å². The molecule has 0 unspecified atom stereocenters. The van der Waals surface area contributed by atoms with Gasteiger partial charge in [-0.2, -0.15) is 0 Å². The summed E-state index contributed by atoms with van der Waals surface area (Å²) in [5, 5.41) is 2.94. The molecule has 1 atom stereocenters. The fourth-order valence-corrected chi connectivity index (χ4v) is 3.34. The Bertz CT molecular complexity index is 863. The van der Waals surface area contributed by atoms with Gasteiger partial charge in [0.2, 0.25) is 5.91 Å². The maximum Gasteiger partial charge on any atom is 0.261 e. The van der Waals surface area contributed by atoms with Crippen LogP contribution in [0, 0.1) is 20.8 Å². The number of amides is 2. The second kappa shape index (κ2) is 11.4. The van der Waals surface area contributed by atoms with E-state index in [1.807, 2.05) is 77.1 Å². The summed E-state index contributed by atoms with van der Waals surface area (Å²) in [6, 6.07) is 13.3. The Morgan fingerprint density at radius 3 is 2.43 bits per heavy atom. The van der Waals surface area contributed by atoms with E-state index in [9.17, 15) is 9.59 Å². The molecule has 1 N–H and O–H groups in total. The molecule has 0 aliphatic heterocycles. The number of carbonyl (C=O) groups excluding carboxylic acids is 2. The highest BCUT2D eigenvalue weighted by molar-refractivity contribution is 5.88. The van der Waals surface area contributed by atoms with Gasteiger partial charge >= 0.3 is 0 Å². The Morgan fingerprint density at radius 2 is 1.77 bits per heavy atom. The Morgan fingerprint density at radius 1 is 1.03 bits per heavy atom. The summed E-state index contributed by atoms with van der Waals surface area (Å²) in [4.78, 5) is 27.7. The molecule has 5 nitrogen and oxygen atoms in total. The molecule has 2 aromatic carbocycles. The number of rotatable bonds is 10. The maximum atomic E-state index is 13.2. The lowest BCUT2D eigenvalue weighted by Crippen LogP contribution is -2.50. The van der Waals surface area contributed by atoms with Gasteiger partial charge in [-0.1, -0.05) is 50.2 Å². The van der Waals surface area contributed by atoms with Crippen LogP contribution in [0.4, 0.5) is 0 Å². The predicted molar refractivity (Wildman–Crippen MR) is 121 cm³/mol. The summed E-state index contributed by atoms with van der Waals surface area (Å²) in [7, 11) is 0. The van der Waals surface area contributed by atoms with Crippen molar-refractivity contribution in [2.75, 3.05) is 13.2 Å². The van der Waals surface area contributed by atoms with Crippen molar-refractivity contribution < 1.29 is 14.3 Å². The lowest BCUT2D eigenvalue weighted by molar-refractivity contribution is -0.143. The van der Waals surface area contributed by atoms with Gasteiger partial charge in [-0.25, -0.2) is 0 Å². The molecule has 2 amide bonds. The number of carbonyl (C=O) groups is 2. The first-order chi connectivity index (χ1) is 14.4. The Kier molecular flexibility index (Phi) is 8.90. The van der Waals surface area contributed by atoms with Crippen LogP contribution in [-0.4, -0.2) is 35.9 Å². The molecular weight excluding hydrogens is 376 g/mol. The number of benzene rings is 2. The molecule has 162 valence electrons. The smallest absolute Gasteiger partial charge is 0.261 e. The minimum absolute atomic E-state index is 0.103. The van der Waals surface area contributed by atoms with Crippen molar-refractivity contribution in [1.82, 2.24) is 10.2 Å². The van der Waals surface area contributed by atoms with E-state index in [2.05, 4.69) is 5.32 Å². The third-order valence-corrected chi connectivity index (χ3v) is 5.23. The molecule has 0 fully saturated rings. The van der Waals surface area contributed by atoms with Crippen LogP contribution in [0.15, 0.2) is 42.5 Å². The van der Waals surface area contributed by atoms with Gasteiger partial charge in [-0.05, 0) is 61.9 Å². The lowest BCUT2D eigenvalue weighted by Gasteiger charge is -2.31. The Labute approximate surface area is 180 Å². The van der Waals surface area contributed by atoms with Crippen molar-refractivity contribution in [2.24, 2.45) is 0 Å². The van der Waals surface area contributed by atoms with E-state index in [0.29, 0.717) is 25.3 Å². The highest BCUT2D eigenvalue weighted by Crippen LogP contribution is 2.20. The van der Waals surface area contributed by atoms with Gasteiger partial charge in [-0.15, -0.1) is 0 Å². The Balaban J connectivity index is 2.24. The van der Waals surface area contributed by atoms with Crippen LogP contribution in [0.1, 0.15) is 48.9 Å². The third-order valence-electron chi connectivity index (χ3n) is 5.23. The van der Waals surface area contributed by atoms with Crippen LogP contribution in [0.5, 0.6) is 5.75 Å². The van der Waals surface area contributed by atoms with Gasteiger partial charge < -0.3 is 15.0 Å². The number of nitrogens with zero attached hydrogens (tertiary/aromatic N) is 1. The van der Waals surface area contributed by atoms with Crippen LogP contribution in [0.2, 0.25) is 0 Å². The lowest BCUT2D eigenvalue weighted by atomic mass is 10.1. The summed E-state index contributed by atoms with van der Waals surface area (Å²) < 4.78 is 5.86. The van der Waals surface area contributed by atoms with Crippen molar-refractivity contribution in [3.05, 3.63) is 64.7 Å². The molecule has 0 heterocycles. The average Bonchev–Trinajstić information content (AvgIpc) is 2.73. The van der Waals surface area contributed by atoms with E-state index < -0.39 is 6.04 Å². The Hall–Kier alpha value is -2.82. The second-order valence-corrected chi connectivity index (χ2v) is 7.72. The minimum Gasteiger partial charge on any atom is -0.483 e. The van der Waals surface area contributed by atoms with Gasteiger partial charge in [0, 0.05) is 13.1 Å². The summed E-state index contributed by atoms with van der Waals surface area (Å²) in [6.07, 6.45) is 1.39. The molecule has 0 saturated carbocycles. The van der Waals surface area contributed by atoms with Gasteiger partial charge in [0.25, 0.3) is 5.91 Å². The van der Waals surface area contributed by atoms with E-state index in [1.165, 1.54) is 0 Å². The average molecular weight is 411 g/mol. The van der Waals surface area contributed by atoms with Gasteiger partial charge in [-0.3, -0.25) is 9.59 Å². The molecule has 0 aromatic heterocycles. The van der Waals surface area contributed by atoms with Gasteiger partial charge in [0.15, 0.2) is 6.61 Å². The molecule has 0 radical (unpaired) electrons. The van der Waals surface area contributed by atoms with E-state index in [0.717, 1.165) is 28.7 Å². The number of hydrogen-bond acceptors (Lipinski definition) is 3. The zero-order valence-corrected chi connectivity index (χ0v) is 18.8. The maximum absolute atomic E-state index is 13.2. The van der Waals surface area contributed by atoms with Crippen molar-refractivity contribution in [3.63, 3.8) is 0 Å². The van der Waals surface area contributed by atoms with E-state index >= 15 is 0 Å². The minimum atomic E-state index is -0.536. The molecule has 0 spiro atoms. The second-order valence-electron chi connectivity index (χ2n) is 7.72.